The van der Waals surface area contributed by atoms with Crippen molar-refractivity contribution in [1.82, 2.24) is 9.97 Å². The van der Waals surface area contributed by atoms with Gasteiger partial charge in [-0.1, -0.05) is 6.92 Å². The highest BCUT2D eigenvalue weighted by atomic mass is 16.5. The minimum atomic E-state index is 0.191. The third-order valence-corrected chi connectivity index (χ3v) is 2.70. The zero-order valence-electron chi connectivity index (χ0n) is 11.1. The number of aryl methyl sites for hydroxylation is 2. The van der Waals surface area contributed by atoms with Crippen LogP contribution in [0.1, 0.15) is 37.0 Å². The van der Waals surface area contributed by atoms with Crippen LogP contribution in [-0.2, 0) is 17.6 Å². The standard InChI is InChI=1S/C13H23N3O/c1-4-11(14)9-12-8-10(2)15-13(16-12)6-5-7-17-3/h8,11H,4-7,9,14H2,1-3H3. The Morgan fingerprint density at radius 2 is 2.18 bits per heavy atom. The van der Waals surface area contributed by atoms with Crippen LogP contribution in [0.4, 0.5) is 0 Å². The SMILES string of the molecule is CCC(N)Cc1cc(C)nc(CCCOC)n1. The Balaban J connectivity index is 2.65. The van der Waals surface area contributed by atoms with Crippen molar-refractivity contribution in [2.24, 2.45) is 5.73 Å². The average Bonchev–Trinajstić information content (AvgIpc) is 2.28. The summed E-state index contributed by atoms with van der Waals surface area (Å²) in [6.45, 7) is 4.85. The average molecular weight is 237 g/mol. The summed E-state index contributed by atoms with van der Waals surface area (Å²) >= 11 is 0. The van der Waals surface area contributed by atoms with Crippen molar-refractivity contribution in [3.63, 3.8) is 0 Å². The molecule has 0 aliphatic carbocycles. The van der Waals surface area contributed by atoms with Crippen molar-refractivity contribution in [3.05, 3.63) is 23.3 Å². The first-order chi connectivity index (χ1) is 8.15. The van der Waals surface area contributed by atoms with Gasteiger partial charge in [-0.25, -0.2) is 9.97 Å². The molecule has 1 heterocycles. The summed E-state index contributed by atoms with van der Waals surface area (Å²) in [5.74, 6) is 0.903. The van der Waals surface area contributed by atoms with Gasteiger partial charge in [0.25, 0.3) is 0 Å². The van der Waals surface area contributed by atoms with E-state index in [2.05, 4.69) is 16.9 Å². The predicted molar refractivity (Wildman–Crippen MR) is 68.9 cm³/mol. The summed E-state index contributed by atoms with van der Waals surface area (Å²) < 4.78 is 5.03. The summed E-state index contributed by atoms with van der Waals surface area (Å²) in [6.07, 6.45) is 3.63. The fourth-order valence-corrected chi connectivity index (χ4v) is 1.70. The van der Waals surface area contributed by atoms with E-state index in [1.165, 1.54) is 0 Å². The Hall–Kier alpha value is -1.00. The lowest BCUT2D eigenvalue weighted by Gasteiger charge is -2.10. The van der Waals surface area contributed by atoms with Crippen molar-refractivity contribution in [2.45, 2.75) is 45.6 Å². The van der Waals surface area contributed by atoms with Crippen LogP contribution in [0, 0.1) is 6.92 Å². The molecule has 1 rings (SSSR count). The molecule has 1 aromatic rings. The number of hydrogen-bond donors (Lipinski definition) is 1. The molecule has 2 N–H and O–H groups in total. The zero-order valence-corrected chi connectivity index (χ0v) is 11.1. The van der Waals surface area contributed by atoms with Gasteiger partial charge < -0.3 is 10.5 Å². The quantitative estimate of drug-likeness (QED) is 0.732. The summed E-state index contributed by atoms with van der Waals surface area (Å²) in [6, 6.07) is 2.21. The van der Waals surface area contributed by atoms with Crippen molar-refractivity contribution in [2.75, 3.05) is 13.7 Å². The second-order valence-electron chi connectivity index (χ2n) is 4.39. The van der Waals surface area contributed by atoms with Crippen molar-refractivity contribution >= 4 is 0 Å². The van der Waals surface area contributed by atoms with E-state index in [0.717, 1.165) is 49.5 Å². The van der Waals surface area contributed by atoms with Gasteiger partial charge in [0.05, 0.1) is 0 Å². The minimum absolute atomic E-state index is 0.191. The molecule has 1 unspecified atom stereocenters. The van der Waals surface area contributed by atoms with Gasteiger partial charge in [-0.15, -0.1) is 0 Å². The number of nitrogens with two attached hydrogens (primary N) is 1. The van der Waals surface area contributed by atoms with Crippen LogP contribution in [0.15, 0.2) is 6.07 Å². The molecule has 0 saturated carbocycles. The minimum Gasteiger partial charge on any atom is -0.385 e. The number of hydrogen-bond acceptors (Lipinski definition) is 4. The number of rotatable bonds is 7. The second kappa shape index (κ2) is 7.35. The molecule has 0 aromatic carbocycles. The van der Waals surface area contributed by atoms with Gasteiger partial charge in [-0.05, 0) is 25.8 Å². The van der Waals surface area contributed by atoms with Crippen LogP contribution in [0.25, 0.3) is 0 Å². The van der Waals surface area contributed by atoms with Crippen LogP contribution in [0.5, 0.6) is 0 Å². The fraction of sp³-hybridized carbons (Fsp3) is 0.692. The van der Waals surface area contributed by atoms with E-state index in [1.54, 1.807) is 7.11 Å². The topological polar surface area (TPSA) is 61.0 Å². The highest BCUT2D eigenvalue weighted by Gasteiger charge is 2.06. The fourth-order valence-electron chi connectivity index (χ4n) is 1.70. The molecule has 17 heavy (non-hydrogen) atoms. The molecule has 0 saturated heterocycles. The molecular formula is C13H23N3O. The maximum Gasteiger partial charge on any atom is 0.128 e. The lowest BCUT2D eigenvalue weighted by molar-refractivity contribution is 0.194. The van der Waals surface area contributed by atoms with E-state index in [0.29, 0.717) is 0 Å². The van der Waals surface area contributed by atoms with E-state index in [1.807, 2.05) is 13.0 Å². The van der Waals surface area contributed by atoms with Crippen LogP contribution < -0.4 is 5.73 Å². The van der Waals surface area contributed by atoms with Crippen LogP contribution in [0.2, 0.25) is 0 Å². The molecule has 1 aromatic heterocycles. The molecule has 0 aliphatic heterocycles. The van der Waals surface area contributed by atoms with E-state index in [9.17, 15) is 0 Å². The van der Waals surface area contributed by atoms with E-state index in [-0.39, 0.29) is 6.04 Å². The summed E-state index contributed by atoms with van der Waals surface area (Å²) in [7, 11) is 1.71. The largest absolute Gasteiger partial charge is 0.385 e. The van der Waals surface area contributed by atoms with Gasteiger partial charge in [-0.2, -0.15) is 0 Å². The van der Waals surface area contributed by atoms with Gasteiger partial charge in [-0.3, -0.25) is 0 Å². The highest BCUT2D eigenvalue weighted by Crippen LogP contribution is 2.06. The first-order valence-corrected chi connectivity index (χ1v) is 6.23. The molecule has 0 spiro atoms. The monoisotopic (exact) mass is 237 g/mol. The van der Waals surface area contributed by atoms with Crippen LogP contribution >= 0.6 is 0 Å². The molecule has 0 amide bonds. The molecule has 0 fully saturated rings. The molecule has 0 radical (unpaired) electrons. The number of methoxy groups -OCH3 is 1. The number of aromatic nitrogens is 2. The smallest absolute Gasteiger partial charge is 0.128 e. The highest BCUT2D eigenvalue weighted by molar-refractivity contribution is 5.11. The molecule has 4 nitrogen and oxygen atoms in total. The second-order valence-corrected chi connectivity index (χ2v) is 4.39. The summed E-state index contributed by atoms with van der Waals surface area (Å²) in [5.41, 5.74) is 8.02. The van der Waals surface area contributed by atoms with Crippen LogP contribution in [0.3, 0.4) is 0 Å². The van der Waals surface area contributed by atoms with Crippen molar-refractivity contribution in [1.29, 1.82) is 0 Å². The summed E-state index contributed by atoms with van der Waals surface area (Å²) in [5, 5.41) is 0. The van der Waals surface area contributed by atoms with E-state index in [4.69, 9.17) is 10.5 Å². The van der Waals surface area contributed by atoms with Gasteiger partial charge in [0.1, 0.15) is 5.82 Å². The molecule has 4 heteroatoms. The predicted octanol–water partition coefficient (Wildman–Crippen LogP) is 1.64. The first-order valence-electron chi connectivity index (χ1n) is 6.23. The third kappa shape index (κ3) is 5.24. The van der Waals surface area contributed by atoms with Gasteiger partial charge in [0.15, 0.2) is 0 Å². The Morgan fingerprint density at radius 3 is 2.82 bits per heavy atom. The van der Waals surface area contributed by atoms with Gasteiger partial charge >= 0.3 is 0 Å². The van der Waals surface area contributed by atoms with Crippen molar-refractivity contribution in [3.8, 4) is 0 Å². The molecule has 0 bridgehead atoms. The Bertz CT molecular complexity index is 341. The third-order valence-electron chi connectivity index (χ3n) is 2.70. The molecular weight excluding hydrogens is 214 g/mol. The Morgan fingerprint density at radius 1 is 1.41 bits per heavy atom. The zero-order chi connectivity index (χ0) is 12.7. The Kier molecular flexibility index (Phi) is 6.08. The number of ether oxygens (including phenoxy) is 1. The van der Waals surface area contributed by atoms with Gasteiger partial charge in [0.2, 0.25) is 0 Å². The normalized spacial score (nSPS) is 12.7. The maximum absolute atomic E-state index is 5.95. The van der Waals surface area contributed by atoms with E-state index < -0.39 is 0 Å². The van der Waals surface area contributed by atoms with Gasteiger partial charge in [0, 0.05) is 44.0 Å². The summed E-state index contributed by atoms with van der Waals surface area (Å²) in [4.78, 5) is 8.98. The molecule has 0 aliphatic rings. The Labute approximate surface area is 104 Å². The lowest BCUT2D eigenvalue weighted by atomic mass is 10.1. The lowest BCUT2D eigenvalue weighted by Crippen LogP contribution is -2.22. The molecule has 1 atom stereocenters. The van der Waals surface area contributed by atoms with E-state index >= 15 is 0 Å². The van der Waals surface area contributed by atoms with Crippen molar-refractivity contribution < 1.29 is 4.74 Å². The number of nitrogens with zero attached hydrogens (tertiary/aromatic N) is 2. The molecule has 96 valence electrons. The maximum atomic E-state index is 5.95. The first kappa shape index (κ1) is 14.1. The van der Waals surface area contributed by atoms with Crippen LogP contribution in [-0.4, -0.2) is 29.7 Å².